The van der Waals surface area contributed by atoms with Crippen molar-refractivity contribution < 1.29 is 14.4 Å². The molecule has 12 heteroatoms. The van der Waals surface area contributed by atoms with Crippen molar-refractivity contribution in [1.82, 2.24) is 25.5 Å². The Bertz CT molecular complexity index is 1300. The van der Waals surface area contributed by atoms with Gasteiger partial charge >= 0.3 is 0 Å². The molecule has 0 saturated heterocycles. The highest BCUT2D eigenvalue weighted by Crippen LogP contribution is 2.34. The molecule has 0 radical (unpaired) electrons. The van der Waals surface area contributed by atoms with E-state index in [1.807, 2.05) is 36.4 Å². The van der Waals surface area contributed by atoms with Crippen LogP contribution in [0.5, 0.6) is 11.5 Å². The summed E-state index contributed by atoms with van der Waals surface area (Å²) in [6.45, 7) is 1.48. The molecule has 186 valence electrons. The summed E-state index contributed by atoms with van der Waals surface area (Å²) >= 11 is 8.05. The SMILES string of the molecule is COc1cc(CNCCSc2nnnn2-c2ccccc2)c(Cl)cc1OCc1ccc([N+](=O)[O-])cc1. The van der Waals surface area contributed by atoms with Crippen LogP contribution >= 0.6 is 23.4 Å². The summed E-state index contributed by atoms with van der Waals surface area (Å²) in [4.78, 5) is 10.4. The third-order valence-corrected chi connectivity index (χ3v) is 6.41. The first-order chi connectivity index (χ1) is 17.5. The maximum Gasteiger partial charge on any atom is 0.269 e. The lowest BCUT2D eigenvalue weighted by molar-refractivity contribution is -0.384. The number of hydrogen-bond donors (Lipinski definition) is 1. The second-order valence-electron chi connectivity index (χ2n) is 7.54. The number of tetrazole rings is 1. The van der Waals surface area contributed by atoms with Gasteiger partial charge in [-0.1, -0.05) is 41.6 Å². The number of rotatable bonds is 12. The van der Waals surface area contributed by atoms with Crippen molar-refractivity contribution in [2.45, 2.75) is 18.3 Å². The summed E-state index contributed by atoms with van der Waals surface area (Å²) in [6.07, 6.45) is 0. The molecule has 0 bridgehead atoms. The van der Waals surface area contributed by atoms with Crippen LogP contribution in [0.3, 0.4) is 0 Å². The van der Waals surface area contributed by atoms with Crippen LogP contribution in [0.25, 0.3) is 5.69 Å². The van der Waals surface area contributed by atoms with Gasteiger partial charge in [0.2, 0.25) is 5.16 Å². The van der Waals surface area contributed by atoms with E-state index in [9.17, 15) is 10.1 Å². The van der Waals surface area contributed by atoms with Crippen molar-refractivity contribution in [1.29, 1.82) is 0 Å². The van der Waals surface area contributed by atoms with Gasteiger partial charge in [-0.2, -0.15) is 4.68 Å². The van der Waals surface area contributed by atoms with Gasteiger partial charge in [0.05, 0.1) is 17.7 Å². The van der Waals surface area contributed by atoms with Crippen molar-refractivity contribution in [3.05, 3.63) is 93.0 Å². The van der Waals surface area contributed by atoms with Crippen LogP contribution in [0.4, 0.5) is 5.69 Å². The van der Waals surface area contributed by atoms with Crippen molar-refractivity contribution in [2.24, 2.45) is 0 Å². The highest BCUT2D eigenvalue weighted by atomic mass is 35.5. The zero-order valence-electron chi connectivity index (χ0n) is 19.3. The fourth-order valence-corrected chi connectivity index (χ4v) is 4.31. The van der Waals surface area contributed by atoms with E-state index >= 15 is 0 Å². The summed E-state index contributed by atoms with van der Waals surface area (Å²) in [7, 11) is 1.56. The average molecular weight is 527 g/mol. The molecule has 10 nitrogen and oxygen atoms in total. The van der Waals surface area contributed by atoms with Crippen molar-refractivity contribution in [3.8, 4) is 17.2 Å². The molecule has 3 aromatic carbocycles. The first-order valence-electron chi connectivity index (χ1n) is 10.9. The molecule has 0 aliphatic heterocycles. The van der Waals surface area contributed by atoms with E-state index in [-0.39, 0.29) is 12.3 Å². The third kappa shape index (κ3) is 6.51. The van der Waals surface area contributed by atoms with Crippen LogP contribution in [-0.4, -0.2) is 44.5 Å². The summed E-state index contributed by atoms with van der Waals surface area (Å²) in [6, 6.07) is 19.5. The fourth-order valence-electron chi connectivity index (χ4n) is 3.30. The number of nitrogens with zero attached hydrogens (tertiary/aromatic N) is 5. The largest absolute Gasteiger partial charge is 0.493 e. The van der Waals surface area contributed by atoms with Gasteiger partial charge in [0.25, 0.3) is 5.69 Å². The summed E-state index contributed by atoms with van der Waals surface area (Å²) in [5.41, 5.74) is 2.60. The highest BCUT2D eigenvalue weighted by Gasteiger charge is 2.12. The number of non-ortho nitro benzene ring substituents is 1. The van der Waals surface area contributed by atoms with Crippen LogP contribution in [0, 0.1) is 10.1 Å². The second kappa shape index (κ2) is 12.3. The number of halogens is 1. The van der Waals surface area contributed by atoms with Crippen LogP contribution in [0.15, 0.2) is 71.9 Å². The minimum atomic E-state index is -0.438. The molecule has 0 atom stereocenters. The fraction of sp³-hybridized carbons (Fsp3) is 0.208. The average Bonchev–Trinajstić information content (AvgIpc) is 3.37. The van der Waals surface area contributed by atoms with E-state index in [2.05, 4.69) is 20.8 Å². The normalized spacial score (nSPS) is 10.8. The molecule has 1 aromatic heterocycles. The number of methoxy groups -OCH3 is 1. The number of hydrogen-bond acceptors (Lipinski definition) is 9. The van der Waals surface area contributed by atoms with E-state index in [0.717, 1.165) is 27.7 Å². The minimum Gasteiger partial charge on any atom is -0.493 e. The molecule has 0 unspecified atom stereocenters. The van der Waals surface area contributed by atoms with Crippen molar-refractivity contribution in [3.63, 3.8) is 0 Å². The summed E-state index contributed by atoms with van der Waals surface area (Å²) in [5.74, 6) is 1.81. The Morgan fingerprint density at radius 3 is 2.61 bits per heavy atom. The molecule has 0 saturated carbocycles. The van der Waals surface area contributed by atoms with E-state index in [1.165, 1.54) is 12.1 Å². The first kappa shape index (κ1) is 25.4. The number of para-hydroxylation sites is 1. The summed E-state index contributed by atoms with van der Waals surface area (Å²) in [5, 5.41) is 27.4. The van der Waals surface area contributed by atoms with Crippen LogP contribution in [0.1, 0.15) is 11.1 Å². The monoisotopic (exact) mass is 526 g/mol. The van der Waals surface area contributed by atoms with Crippen LogP contribution in [-0.2, 0) is 13.2 Å². The second-order valence-corrected chi connectivity index (χ2v) is 9.01. The minimum absolute atomic E-state index is 0.0318. The number of ether oxygens (including phenoxy) is 2. The number of aromatic nitrogens is 4. The predicted octanol–water partition coefficient (Wildman–Crippen LogP) is 4.69. The molecule has 0 aliphatic carbocycles. The standard InChI is InChI=1S/C24H23ClN6O4S/c1-34-22-13-18(21(25)14-23(22)35-16-17-7-9-20(10-8-17)31(32)33)15-26-11-12-36-24-27-28-29-30(24)19-5-3-2-4-6-19/h2-10,13-14,26H,11-12,15-16H2,1H3. The molecular weight excluding hydrogens is 504 g/mol. The van der Waals surface area contributed by atoms with E-state index < -0.39 is 4.92 Å². The molecule has 1 N–H and O–H groups in total. The molecule has 1 heterocycles. The lowest BCUT2D eigenvalue weighted by atomic mass is 10.2. The Balaban J connectivity index is 1.29. The van der Waals surface area contributed by atoms with Crippen molar-refractivity contribution in [2.75, 3.05) is 19.4 Å². The lowest BCUT2D eigenvalue weighted by Gasteiger charge is -2.14. The Labute approximate surface area is 216 Å². The van der Waals surface area contributed by atoms with Gasteiger partial charge in [0.1, 0.15) is 6.61 Å². The molecule has 36 heavy (non-hydrogen) atoms. The number of thioether (sulfide) groups is 1. The van der Waals surface area contributed by atoms with Gasteiger partial charge in [0.15, 0.2) is 11.5 Å². The molecule has 0 fully saturated rings. The van der Waals surface area contributed by atoms with Crippen LogP contribution < -0.4 is 14.8 Å². The maximum absolute atomic E-state index is 10.8. The van der Waals surface area contributed by atoms with Gasteiger partial charge in [-0.15, -0.1) is 5.10 Å². The Morgan fingerprint density at radius 1 is 1.11 bits per heavy atom. The lowest BCUT2D eigenvalue weighted by Crippen LogP contribution is -2.17. The number of benzene rings is 3. The molecule has 4 rings (SSSR count). The smallest absolute Gasteiger partial charge is 0.269 e. The predicted molar refractivity (Wildman–Crippen MR) is 137 cm³/mol. The van der Waals surface area contributed by atoms with Gasteiger partial charge < -0.3 is 14.8 Å². The van der Waals surface area contributed by atoms with Gasteiger partial charge in [-0.05, 0) is 51.9 Å². The number of nitrogens with one attached hydrogen (secondary N) is 1. The Kier molecular flexibility index (Phi) is 8.71. The van der Waals surface area contributed by atoms with E-state index in [4.69, 9.17) is 21.1 Å². The van der Waals surface area contributed by atoms with Crippen LogP contribution in [0.2, 0.25) is 5.02 Å². The number of nitro groups is 1. The van der Waals surface area contributed by atoms with Crippen molar-refractivity contribution >= 4 is 29.1 Å². The molecule has 0 amide bonds. The van der Waals surface area contributed by atoms with Gasteiger partial charge in [-0.3, -0.25) is 10.1 Å². The topological polar surface area (TPSA) is 117 Å². The highest BCUT2D eigenvalue weighted by molar-refractivity contribution is 7.99. The summed E-state index contributed by atoms with van der Waals surface area (Å²) < 4.78 is 13.1. The molecular formula is C24H23ClN6O4S. The van der Waals surface area contributed by atoms with E-state index in [0.29, 0.717) is 29.6 Å². The molecule has 0 aliphatic rings. The first-order valence-corrected chi connectivity index (χ1v) is 12.3. The van der Waals surface area contributed by atoms with Gasteiger partial charge in [0, 0.05) is 42.1 Å². The van der Waals surface area contributed by atoms with E-state index in [1.54, 1.807) is 41.8 Å². The zero-order valence-corrected chi connectivity index (χ0v) is 20.9. The quantitative estimate of drug-likeness (QED) is 0.121. The zero-order chi connectivity index (χ0) is 25.3. The molecule has 4 aromatic rings. The maximum atomic E-state index is 10.8. The van der Waals surface area contributed by atoms with Gasteiger partial charge in [-0.25, -0.2) is 0 Å². The number of nitro benzene ring substituents is 1. The Hall–Kier alpha value is -3.67. The molecule has 0 spiro atoms. The Morgan fingerprint density at radius 2 is 1.89 bits per heavy atom. The third-order valence-electron chi connectivity index (χ3n) is 5.14.